The molecular weight excluding hydrogens is 254 g/mol. The fraction of sp³-hybridized carbons (Fsp3) is 0.600. The first-order valence-corrected chi connectivity index (χ1v) is 7.65. The van der Waals surface area contributed by atoms with Gasteiger partial charge in [-0.25, -0.2) is 4.98 Å². The number of thiocarbonyl (C=S) groups is 1. The molecule has 0 saturated heterocycles. The molecule has 104 valence electrons. The number of nitrogens with zero attached hydrogens (tertiary/aromatic N) is 2. The van der Waals surface area contributed by atoms with Crippen molar-refractivity contribution in [1.82, 2.24) is 4.98 Å². The second-order valence-electron chi connectivity index (χ2n) is 5.12. The number of rotatable bonds is 6. The van der Waals surface area contributed by atoms with E-state index in [9.17, 15) is 0 Å². The minimum absolute atomic E-state index is 0.465. The van der Waals surface area contributed by atoms with Crippen LogP contribution in [0, 0.1) is 0 Å². The van der Waals surface area contributed by atoms with E-state index in [2.05, 4.69) is 24.8 Å². The lowest BCUT2D eigenvalue weighted by atomic mass is 10.1. The molecule has 19 heavy (non-hydrogen) atoms. The Labute approximate surface area is 121 Å². The maximum atomic E-state index is 5.89. The van der Waals surface area contributed by atoms with Gasteiger partial charge in [0.05, 0.1) is 5.56 Å². The molecular formula is C15H23N3S. The van der Waals surface area contributed by atoms with Crippen LogP contribution in [0.4, 0.5) is 5.82 Å². The zero-order valence-corrected chi connectivity index (χ0v) is 12.7. The largest absolute Gasteiger partial charge is 0.389 e. The highest BCUT2D eigenvalue weighted by Gasteiger charge is 2.20. The van der Waals surface area contributed by atoms with E-state index in [1.54, 1.807) is 0 Å². The molecule has 0 unspecified atom stereocenters. The molecule has 2 rings (SSSR count). The highest BCUT2D eigenvalue weighted by molar-refractivity contribution is 7.80. The number of hydrogen-bond donors (Lipinski definition) is 1. The quantitative estimate of drug-likeness (QED) is 0.812. The monoisotopic (exact) mass is 277 g/mol. The van der Waals surface area contributed by atoms with Crippen LogP contribution in [-0.4, -0.2) is 23.1 Å². The van der Waals surface area contributed by atoms with E-state index in [0.717, 1.165) is 37.3 Å². The fourth-order valence-electron chi connectivity index (χ4n) is 2.65. The van der Waals surface area contributed by atoms with Gasteiger partial charge in [-0.3, -0.25) is 0 Å². The van der Waals surface area contributed by atoms with Gasteiger partial charge in [0.1, 0.15) is 10.8 Å². The van der Waals surface area contributed by atoms with Crippen LogP contribution in [0.15, 0.2) is 6.07 Å². The number of fused-ring (bicyclic) bond motifs is 1. The van der Waals surface area contributed by atoms with E-state index in [1.165, 1.54) is 30.5 Å². The molecule has 0 saturated carbocycles. The Kier molecular flexibility index (Phi) is 4.75. The maximum absolute atomic E-state index is 5.89. The molecule has 1 aliphatic rings. The first kappa shape index (κ1) is 14.3. The van der Waals surface area contributed by atoms with Crippen LogP contribution < -0.4 is 10.6 Å². The third-order valence-electron chi connectivity index (χ3n) is 3.76. The average molecular weight is 277 g/mol. The number of pyridine rings is 1. The topological polar surface area (TPSA) is 42.2 Å². The van der Waals surface area contributed by atoms with Crippen LogP contribution in [0.5, 0.6) is 0 Å². The lowest BCUT2D eigenvalue weighted by Gasteiger charge is -2.25. The van der Waals surface area contributed by atoms with Crippen LogP contribution in [-0.2, 0) is 12.8 Å². The zero-order valence-electron chi connectivity index (χ0n) is 11.9. The molecule has 0 spiro atoms. The maximum Gasteiger partial charge on any atom is 0.139 e. The molecule has 2 N–H and O–H groups in total. The van der Waals surface area contributed by atoms with Crippen molar-refractivity contribution in [2.45, 2.75) is 46.0 Å². The van der Waals surface area contributed by atoms with Crippen molar-refractivity contribution in [2.75, 3.05) is 18.0 Å². The Morgan fingerprint density at radius 3 is 2.84 bits per heavy atom. The van der Waals surface area contributed by atoms with Crippen LogP contribution in [0.3, 0.4) is 0 Å². The number of aryl methyl sites for hydroxylation is 2. The van der Waals surface area contributed by atoms with Gasteiger partial charge in [0, 0.05) is 18.8 Å². The Bertz CT molecular complexity index is 471. The van der Waals surface area contributed by atoms with Gasteiger partial charge in [0.2, 0.25) is 0 Å². The van der Waals surface area contributed by atoms with Gasteiger partial charge < -0.3 is 10.6 Å². The summed E-state index contributed by atoms with van der Waals surface area (Å²) in [5.41, 5.74) is 9.42. The summed E-state index contributed by atoms with van der Waals surface area (Å²) in [5, 5.41) is 0. The number of nitrogens with two attached hydrogens (primary N) is 1. The van der Waals surface area contributed by atoms with Crippen molar-refractivity contribution in [3.63, 3.8) is 0 Å². The van der Waals surface area contributed by atoms with Gasteiger partial charge in [-0.15, -0.1) is 0 Å². The van der Waals surface area contributed by atoms with Crippen LogP contribution in [0.2, 0.25) is 0 Å². The smallest absolute Gasteiger partial charge is 0.139 e. The summed E-state index contributed by atoms with van der Waals surface area (Å²) in [6.07, 6.45) is 5.75. The minimum atomic E-state index is 0.465. The van der Waals surface area contributed by atoms with Crippen LogP contribution in [0.25, 0.3) is 0 Å². The Morgan fingerprint density at radius 2 is 2.21 bits per heavy atom. The van der Waals surface area contributed by atoms with Gasteiger partial charge in [0.15, 0.2) is 0 Å². The second kappa shape index (κ2) is 6.33. The van der Waals surface area contributed by atoms with Crippen molar-refractivity contribution < 1.29 is 0 Å². The summed E-state index contributed by atoms with van der Waals surface area (Å²) in [5.74, 6) is 0.990. The lowest BCUT2D eigenvalue weighted by Crippen LogP contribution is -2.28. The van der Waals surface area contributed by atoms with Gasteiger partial charge in [-0.2, -0.15) is 0 Å². The van der Waals surface area contributed by atoms with Crippen molar-refractivity contribution in [3.8, 4) is 0 Å². The summed E-state index contributed by atoms with van der Waals surface area (Å²) in [6.45, 7) is 6.34. The van der Waals surface area contributed by atoms with Crippen molar-refractivity contribution in [1.29, 1.82) is 0 Å². The summed E-state index contributed by atoms with van der Waals surface area (Å²) in [4.78, 5) is 7.62. The predicted molar refractivity (Wildman–Crippen MR) is 84.9 cm³/mol. The normalized spacial score (nSPS) is 13.4. The number of unbranched alkanes of at least 4 members (excludes halogenated alkanes) is 1. The zero-order chi connectivity index (χ0) is 13.8. The van der Waals surface area contributed by atoms with Gasteiger partial charge >= 0.3 is 0 Å². The highest BCUT2D eigenvalue weighted by atomic mass is 32.1. The van der Waals surface area contributed by atoms with Gasteiger partial charge in [-0.1, -0.05) is 25.6 Å². The summed E-state index contributed by atoms with van der Waals surface area (Å²) < 4.78 is 0. The Morgan fingerprint density at radius 1 is 1.42 bits per heavy atom. The third-order valence-corrected chi connectivity index (χ3v) is 3.98. The fourth-order valence-corrected chi connectivity index (χ4v) is 2.80. The van der Waals surface area contributed by atoms with Crippen LogP contribution in [0.1, 0.15) is 49.9 Å². The molecule has 0 aliphatic heterocycles. The summed E-state index contributed by atoms with van der Waals surface area (Å²) >= 11 is 5.21. The summed E-state index contributed by atoms with van der Waals surface area (Å²) in [6, 6.07) is 2.17. The molecule has 0 radical (unpaired) electrons. The Hall–Kier alpha value is -1.16. The first-order chi connectivity index (χ1) is 9.17. The number of aromatic nitrogens is 1. The van der Waals surface area contributed by atoms with E-state index in [-0.39, 0.29) is 0 Å². The third kappa shape index (κ3) is 3.06. The molecule has 4 heteroatoms. The second-order valence-corrected chi connectivity index (χ2v) is 5.56. The molecule has 0 amide bonds. The standard InChI is InChI=1S/C15H23N3S/c1-3-5-9-18(4-2)15-12(14(16)19)10-11-7-6-8-13(11)17-15/h10H,3-9H2,1-2H3,(H2,16,19). The SMILES string of the molecule is CCCCN(CC)c1nc2c(cc1C(N)=S)CCC2. The molecule has 0 aromatic carbocycles. The van der Waals surface area contributed by atoms with E-state index >= 15 is 0 Å². The number of anilines is 1. The molecule has 1 aromatic rings. The molecule has 1 aromatic heterocycles. The van der Waals surface area contributed by atoms with Crippen molar-refractivity contribution >= 4 is 23.0 Å². The molecule has 0 bridgehead atoms. The van der Waals surface area contributed by atoms with Gasteiger partial charge in [0.25, 0.3) is 0 Å². The van der Waals surface area contributed by atoms with Crippen LogP contribution >= 0.6 is 12.2 Å². The molecule has 1 aliphatic carbocycles. The molecule has 0 fully saturated rings. The van der Waals surface area contributed by atoms with E-state index in [1.807, 2.05) is 0 Å². The highest BCUT2D eigenvalue weighted by Crippen LogP contribution is 2.27. The van der Waals surface area contributed by atoms with Gasteiger partial charge in [-0.05, 0) is 44.2 Å². The first-order valence-electron chi connectivity index (χ1n) is 7.24. The minimum Gasteiger partial charge on any atom is -0.389 e. The van der Waals surface area contributed by atoms with Crippen molar-refractivity contribution in [3.05, 3.63) is 22.9 Å². The van der Waals surface area contributed by atoms with E-state index in [0.29, 0.717) is 4.99 Å². The predicted octanol–water partition coefficient (Wildman–Crippen LogP) is 2.83. The average Bonchev–Trinajstić information content (AvgIpc) is 2.85. The van der Waals surface area contributed by atoms with Crippen molar-refractivity contribution in [2.24, 2.45) is 5.73 Å². The number of hydrogen-bond acceptors (Lipinski definition) is 3. The molecule has 1 heterocycles. The Balaban J connectivity index is 2.38. The lowest BCUT2D eigenvalue weighted by molar-refractivity contribution is 0.721. The molecule has 0 atom stereocenters. The molecule has 3 nitrogen and oxygen atoms in total. The van der Waals surface area contributed by atoms with E-state index in [4.69, 9.17) is 22.9 Å². The van der Waals surface area contributed by atoms with E-state index < -0.39 is 0 Å². The summed E-state index contributed by atoms with van der Waals surface area (Å²) in [7, 11) is 0.